The summed E-state index contributed by atoms with van der Waals surface area (Å²) in [7, 11) is 1.60. The maximum atomic E-state index is 12.3. The maximum Gasteiger partial charge on any atom is 0.260 e. The summed E-state index contributed by atoms with van der Waals surface area (Å²) in [4.78, 5) is 12.3. The van der Waals surface area contributed by atoms with Crippen LogP contribution in [0, 0.1) is 6.92 Å². The Kier molecular flexibility index (Phi) is 7.53. The number of carbonyl (C=O) groups is 1. The van der Waals surface area contributed by atoms with Crippen molar-refractivity contribution in [2.45, 2.75) is 39.7 Å². The smallest absolute Gasteiger partial charge is 0.260 e. The van der Waals surface area contributed by atoms with Crippen molar-refractivity contribution in [1.82, 2.24) is 5.32 Å². The van der Waals surface area contributed by atoms with Gasteiger partial charge in [0.25, 0.3) is 5.91 Å². The van der Waals surface area contributed by atoms with E-state index in [-0.39, 0.29) is 5.91 Å². The first-order valence-corrected chi connectivity index (χ1v) is 9.23. The molecule has 27 heavy (non-hydrogen) atoms. The van der Waals surface area contributed by atoms with E-state index in [0.29, 0.717) is 30.6 Å². The van der Waals surface area contributed by atoms with E-state index in [4.69, 9.17) is 14.2 Å². The number of carbonyl (C=O) groups excluding carboxylic acids is 1. The molecule has 5 nitrogen and oxygen atoms in total. The molecule has 1 N–H and O–H groups in total. The van der Waals surface area contributed by atoms with Crippen molar-refractivity contribution in [3.05, 3.63) is 53.6 Å². The maximum absolute atomic E-state index is 12.3. The molecule has 1 amide bonds. The molecule has 0 spiro atoms. The third-order valence-corrected chi connectivity index (χ3v) is 4.19. The summed E-state index contributed by atoms with van der Waals surface area (Å²) in [5.41, 5.74) is 2.20. The van der Waals surface area contributed by atoms with Gasteiger partial charge in [-0.2, -0.15) is 0 Å². The third-order valence-electron chi connectivity index (χ3n) is 4.19. The van der Waals surface area contributed by atoms with Gasteiger partial charge in [0.2, 0.25) is 0 Å². The molecule has 0 saturated heterocycles. The number of amides is 1. The van der Waals surface area contributed by atoms with Gasteiger partial charge < -0.3 is 19.5 Å². The molecule has 146 valence electrons. The predicted molar refractivity (Wildman–Crippen MR) is 107 cm³/mol. The summed E-state index contributed by atoms with van der Waals surface area (Å²) in [5, 5.41) is 2.84. The van der Waals surface area contributed by atoms with E-state index in [1.807, 2.05) is 37.3 Å². The zero-order valence-electron chi connectivity index (χ0n) is 16.7. The van der Waals surface area contributed by atoms with E-state index in [9.17, 15) is 4.79 Å². The van der Waals surface area contributed by atoms with Crippen molar-refractivity contribution in [1.29, 1.82) is 0 Å². The van der Waals surface area contributed by atoms with Gasteiger partial charge in [0.15, 0.2) is 17.6 Å². The van der Waals surface area contributed by atoms with Crippen LogP contribution in [-0.4, -0.2) is 32.3 Å². The van der Waals surface area contributed by atoms with Crippen LogP contribution >= 0.6 is 0 Å². The first-order valence-electron chi connectivity index (χ1n) is 9.23. The third kappa shape index (κ3) is 5.91. The van der Waals surface area contributed by atoms with Gasteiger partial charge in [-0.25, -0.2) is 0 Å². The van der Waals surface area contributed by atoms with Crippen LogP contribution in [-0.2, 0) is 4.79 Å². The fourth-order valence-electron chi connectivity index (χ4n) is 2.68. The Bertz CT molecular complexity index is 758. The Labute approximate surface area is 161 Å². The number of nitrogens with one attached hydrogen (secondary N) is 1. The average Bonchev–Trinajstić information content (AvgIpc) is 2.65. The minimum atomic E-state index is -0.587. The normalized spacial score (nSPS) is 11.8. The number of rotatable bonds is 9. The van der Waals surface area contributed by atoms with E-state index < -0.39 is 6.10 Å². The van der Waals surface area contributed by atoms with Gasteiger partial charge in [0.05, 0.1) is 13.7 Å². The number of aryl methyl sites for hydroxylation is 1. The van der Waals surface area contributed by atoms with Gasteiger partial charge in [-0.3, -0.25) is 4.79 Å². The molecule has 0 aliphatic heterocycles. The summed E-state index contributed by atoms with van der Waals surface area (Å²) in [5.74, 6) is 2.24. The molecule has 5 heteroatoms. The molecule has 0 fully saturated rings. The van der Waals surface area contributed by atoms with Crippen molar-refractivity contribution in [2.75, 3.05) is 20.3 Å². The number of benzene rings is 2. The fourth-order valence-corrected chi connectivity index (χ4v) is 2.68. The van der Waals surface area contributed by atoms with E-state index in [2.05, 4.69) is 31.3 Å². The molecule has 2 aromatic carbocycles. The Hall–Kier alpha value is -2.69. The molecule has 0 unspecified atom stereocenters. The largest absolute Gasteiger partial charge is 0.493 e. The summed E-state index contributed by atoms with van der Waals surface area (Å²) in [6, 6.07) is 13.5. The molecule has 1 atom stereocenters. The minimum absolute atomic E-state index is 0.171. The van der Waals surface area contributed by atoms with Crippen molar-refractivity contribution in [3.63, 3.8) is 0 Å². The molecule has 0 heterocycles. The van der Waals surface area contributed by atoms with Crippen LogP contribution in [0.15, 0.2) is 42.5 Å². The molecular formula is C22H29NO4. The van der Waals surface area contributed by atoms with Crippen LogP contribution in [0.25, 0.3) is 0 Å². The number of hydrogen-bond acceptors (Lipinski definition) is 4. The number of methoxy groups -OCH3 is 1. The molecular weight excluding hydrogens is 342 g/mol. The zero-order chi connectivity index (χ0) is 19.8. The van der Waals surface area contributed by atoms with Gasteiger partial charge in [-0.1, -0.05) is 38.1 Å². The van der Waals surface area contributed by atoms with E-state index in [1.54, 1.807) is 14.0 Å². The summed E-state index contributed by atoms with van der Waals surface area (Å²) in [6.07, 6.45) is -0.587. The van der Waals surface area contributed by atoms with Gasteiger partial charge >= 0.3 is 0 Å². The molecule has 0 saturated carbocycles. The second kappa shape index (κ2) is 9.86. The van der Waals surface area contributed by atoms with Gasteiger partial charge in [-0.05, 0) is 49.1 Å². The molecule has 0 radical (unpaired) electrons. The molecule has 2 rings (SSSR count). The van der Waals surface area contributed by atoms with Crippen LogP contribution in [0.4, 0.5) is 0 Å². The molecule has 0 aliphatic carbocycles. The molecule has 2 aromatic rings. The highest BCUT2D eigenvalue weighted by atomic mass is 16.5. The Balaban J connectivity index is 1.85. The zero-order valence-corrected chi connectivity index (χ0v) is 16.7. The van der Waals surface area contributed by atoms with Crippen LogP contribution in [0.2, 0.25) is 0 Å². The number of para-hydroxylation sites is 2. The summed E-state index contributed by atoms with van der Waals surface area (Å²) < 4.78 is 16.8. The lowest BCUT2D eigenvalue weighted by Gasteiger charge is -2.19. The Morgan fingerprint density at radius 3 is 2.41 bits per heavy atom. The first-order chi connectivity index (χ1) is 12.9. The first kappa shape index (κ1) is 20.6. The quantitative estimate of drug-likeness (QED) is 0.675. The Morgan fingerprint density at radius 2 is 1.74 bits per heavy atom. The highest BCUT2D eigenvalue weighted by Gasteiger charge is 2.17. The fraction of sp³-hybridized carbons (Fsp3) is 0.409. The number of hydrogen-bond donors (Lipinski definition) is 1. The second-order valence-corrected chi connectivity index (χ2v) is 6.75. The van der Waals surface area contributed by atoms with Crippen LogP contribution in [0.3, 0.4) is 0 Å². The second-order valence-electron chi connectivity index (χ2n) is 6.75. The lowest BCUT2D eigenvalue weighted by atomic mass is 10.0. The summed E-state index contributed by atoms with van der Waals surface area (Å²) >= 11 is 0. The lowest BCUT2D eigenvalue weighted by molar-refractivity contribution is -0.127. The van der Waals surface area contributed by atoms with Gasteiger partial charge in [-0.15, -0.1) is 0 Å². The van der Waals surface area contributed by atoms with Gasteiger partial charge in [0, 0.05) is 0 Å². The molecule has 0 aromatic heterocycles. The molecule has 0 aliphatic rings. The monoisotopic (exact) mass is 371 g/mol. The van der Waals surface area contributed by atoms with Crippen LogP contribution < -0.4 is 19.5 Å². The van der Waals surface area contributed by atoms with E-state index in [1.165, 1.54) is 0 Å². The topological polar surface area (TPSA) is 56.8 Å². The Morgan fingerprint density at radius 1 is 1.04 bits per heavy atom. The van der Waals surface area contributed by atoms with Crippen molar-refractivity contribution in [2.24, 2.45) is 0 Å². The lowest BCUT2D eigenvalue weighted by Crippen LogP contribution is -2.38. The highest BCUT2D eigenvalue weighted by Crippen LogP contribution is 2.28. The molecule has 0 bridgehead atoms. The van der Waals surface area contributed by atoms with Crippen molar-refractivity contribution < 1.29 is 19.0 Å². The van der Waals surface area contributed by atoms with Crippen LogP contribution in [0.5, 0.6) is 17.2 Å². The highest BCUT2D eigenvalue weighted by molar-refractivity contribution is 5.80. The van der Waals surface area contributed by atoms with E-state index in [0.717, 1.165) is 16.9 Å². The number of ether oxygens (including phenoxy) is 3. The SMILES string of the molecule is COc1ccccc1OCCNC(=O)[C@H](C)Oc1cc(C)ccc1C(C)C. The standard InChI is InChI=1S/C22H29NO4/c1-15(2)18-11-10-16(3)14-21(18)27-17(4)22(24)23-12-13-26-20-9-7-6-8-19(20)25-5/h6-11,14-15,17H,12-13H2,1-5H3,(H,23,24)/t17-/m0/s1. The minimum Gasteiger partial charge on any atom is -0.493 e. The van der Waals surface area contributed by atoms with Crippen LogP contribution in [0.1, 0.15) is 37.8 Å². The van der Waals surface area contributed by atoms with Crippen molar-refractivity contribution in [3.8, 4) is 17.2 Å². The van der Waals surface area contributed by atoms with Gasteiger partial charge in [0.1, 0.15) is 12.4 Å². The van der Waals surface area contributed by atoms with Crippen molar-refractivity contribution >= 4 is 5.91 Å². The average molecular weight is 371 g/mol. The summed E-state index contributed by atoms with van der Waals surface area (Å²) in [6.45, 7) is 8.71. The predicted octanol–water partition coefficient (Wildman–Crippen LogP) is 4.09. The van der Waals surface area contributed by atoms with E-state index >= 15 is 0 Å².